The fraction of sp³-hybridized carbons (Fsp3) is 0.211. The molecule has 1 heterocycles. The van der Waals surface area contributed by atoms with Gasteiger partial charge in [0.15, 0.2) is 5.16 Å². The summed E-state index contributed by atoms with van der Waals surface area (Å²) in [5, 5.41) is 10.6. The summed E-state index contributed by atoms with van der Waals surface area (Å²) in [6.07, 6.45) is 1.41. The van der Waals surface area contributed by atoms with Crippen molar-refractivity contribution in [1.82, 2.24) is 20.1 Å². The number of rotatable bonds is 6. The third-order valence-electron chi connectivity index (χ3n) is 4.01. The molecular formula is C19H18F2N4OS. The Kier molecular flexibility index (Phi) is 5.85. The van der Waals surface area contributed by atoms with E-state index in [1.54, 1.807) is 37.3 Å². The molecule has 2 atom stereocenters. The molecule has 0 aliphatic carbocycles. The lowest BCUT2D eigenvalue weighted by molar-refractivity contribution is -0.120. The second kappa shape index (κ2) is 8.30. The van der Waals surface area contributed by atoms with Crippen LogP contribution in [0.15, 0.2) is 60.0 Å². The maximum absolute atomic E-state index is 14.0. The Morgan fingerprint density at radius 2 is 1.81 bits per heavy atom. The number of nitrogens with zero attached hydrogens (tertiary/aromatic N) is 3. The average molecular weight is 388 g/mol. The molecule has 0 saturated heterocycles. The molecular weight excluding hydrogens is 370 g/mol. The summed E-state index contributed by atoms with van der Waals surface area (Å²) in [5.74, 6) is -0.935. The smallest absolute Gasteiger partial charge is 0.233 e. The summed E-state index contributed by atoms with van der Waals surface area (Å²) in [5.41, 5.74) is 1.12. The van der Waals surface area contributed by atoms with Gasteiger partial charge in [0, 0.05) is 0 Å². The number of halogens is 2. The molecule has 27 heavy (non-hydrogen) atoms. The van der Waals surface area contributed by atoms with E-state index in [4.69, 9.17) is 0 Å². The van der Waals surface area contributed by atoms with Gasteiger partial charge in [-0.25, -0.2) is 8.78 Å². The minimum Gasteiger partial charge on any atom is -0.349 e. The molecule has 0 spiro atoms. The van der Waals surface area contributed by atoms with Crippen molar-refractivity contribution >= 4 is 17.7 Å². The lowest BCUT2D eigenvalue weighted by Gasteiger charge is -2.17. The quantitative estimate of drug-likeness (QED) is 0.651. The van der Waals surface area contributed by atoms with Crippen molar-refractivity contribution in [3.05, 3.63) is 72.1 Å². The second-order valence-corrected chi connectivity index (χ2v) is 7.28. The summed E-state index contributed by atoms with van der Waals surface area (Å²) < 4.78 is 28.6. The summed E-state index contributed by atoms with van der Waals surface area (Å²) in [6.45, 7) is 3.56. The van der Waals surface area contributed by atoms with E-state index in [1.807, 2.05) is 6.92 Å². The van der Waals surface area contributed by atoms with E-state index >= 15 is 0 Å². The van der Waals surface area contributed by atoms with Crippen molar-refractivity contribution in [1.29, 1.82) is 0 Å². The first-order valence-corrected chi connectivity index (χ1v) is 9.21. The molecule has 3 rings (SSSR count). The highest BCUT2D eigenvalue weighted by Gasteiger charge is 2.21. The molecule has 0 radical (unpaired) electrons. The van der Waals surface area contributed by atoms with E-state index in [9.17, 15) is 13.6 Å². The van der Waals surface area contributed by atoms with Crippen molar-refractivity contribution < 1.29 is 13.6 Å². The standard InChI is InChI=1S/C19H18F2N4OS/c1-12(14-7-9-15(20)10-8-14)23-18(26)13(2)27-19-24-22-11-25(19)17-6-4-3-5-16(17)21/h3-13H,1-2H3,(H,23,26)/t12-,13+/m0/s1. The number of carbonyl (C=O) groups excluding carboxylic acids is 1. The van der Waals surface area contributed by atoms with Gasteiger partial charge in [-0.3, -0.25) is 9.36 Å². The van der Waals surface area contributed by atoms with Gasteiger partial charge in [0.25, 0.3) is 0 Å². The molecule has 0 aliphatic rings. The molecule has 1 amide bonds. The van der Waals surface area contributed by atoms with Crippen LogP contribution in [0.25, 0.3) is 5.69 Å². The largest absolute Gasteiger partial charge is 0.349 e. The van der Waals surface area contributed by atoms with Crippen LogP contribution in [0.3, 0.4) is 0 Å². The number of thioether (sulfide) groups is 1. The minimum absolute atomic E-state index is 0.208. The number of hydrogen-bond acceptors (Lipinski definition) is 4. The minimum atomic E-state index is -0.484. The SMILES string of the molecule is C[C@H](NC(=O)[C@@H](C)Sc1nncn1-c1ccccc1F)c1ccc(F)cc1. The zero-order valence-corrected chi connectivity index (χ0v) is 15.6. The molecule has 0 fully saturated rings. The fourth-order valence-corrected chi connectivity index (χ4v) is 3.34. The van der Waals surface area contributed by atoms with Gasteiger partial charge in [-0.05, 0) is 43.7 Å². The Labute approximate surface area is 159 Å². The number of amides is 1. The van der Waals surface area contributed by atoms with Gasteiger partial charge in [-0.1, -0.05) is 36.0 Å². The molecule has 1 aromatic heterocycles. The highest BCUT2D eigenvalue weighted by Crippen LogP contribution is 2.25. The Morgan fingerprint density at radius 1 is 1.11 bits per heavy atom. The van der Waals surface area contributed by atoms with Gasteiger partial charge < -0.3 is 5.32 Å². The van der Waals surface area contributed by atoms with Gasteiger partial charge in [0.1, 0.15) is 18.0 Å². The van der Waals surface area contributed by atoms with E-state index < -0.39 is 11.1 Å². The number of nitrogens with one attached hydrogen (secondary N) is 1. The molecule has 3 aromatic rings. The molecule has 8 heteroatoms. The third-order valence-corrected chi connectivity index (χ3v) is 5.07. The van der Waals surface area contributed by atoms with Crippen LogP contribution in [0.2, 0.25) is 0 Å². The number of para-hydroxylation sites is 1. The zero-order chi connectivity index (χ0) is 19.4. The first-order chi connectivity index (χ1) is 13.0. The summed E-state index contributed by atoms with van der Waals surface area (Å²) in [6, 6.07) is 12.0. The predicted octanol–water partition coefficient (Wildman–Crippen LogP) is 3.90. The Hall–Kier alpha value is -2.74. The van der Waals surface area contributed by atoms with Gasteiger partial charge in [-0.15, -0.1) is 10.2 Å². The van der Waals surface area contributed by atoms with Crippen LogP contribution in [-0.2, 0) is 4.79 Å². The average Bonchev–Trinajstić information content (AvgIpc) is 3.10. The van der Waals surface area contributed by atoms with Crippen molar-refractivity contribution in [2.45, 2.75) is 30.3 Å². The second-order valence-electron chi connectivity index (χ2n) is 5.98. The maximum Gasteiger partial charge on any atom is 0.233 e. The van der Waals surface area contributed by atoms with E-state index in [0.29, 0.717) is 10.8 Å². The predicted molar refractivity (Wildman–Crippen MR) is 99.6 cm³/mol. The maximum atomic E-state index is 14.0. The van der Waals surface area contributed by atoms with Crippen LogP contribution in [0.4, 0.5) is 8.78 Å². The van der Waals surface area contributed by atoms with Crippen LogP contribution >= 0.6 is 11.8 Å². The van der Waals surface area contributed by atoms with E-state index in [-0.39, 0.29) is 17.8 Å². The number of benzene rings is 2. The lowest BCUT2D eigenvalue weighted by Crippen LogP contribution is -2.33. The molecule has 5 nitrogen and oxygen atoms in total. The van der Waals surface area contributed by atoms with Crippen molar-refractivity contribution in [2.75, 3.05) is 0 Å². The first kappa shape index (κ1) is 19.0. The molecule has 0 saturated carbocycles. The summed E-state index contributed by atoms with van der Waals surface area (Å²) in [7, 11) is 0. The van der Waals surface area contributed by atoms with Crippen LogP contribution in [0.5, 0.6) is 0 Å². The Morgan fingerprint density at radius 3 is 2.52 bits per heavy atom. The van der Waals surface area contributed by atoms with Crippen LogP contribution in [-0.4, -0.2) is 25.9 Å². The molecule has 0 aliphatic heterocycles. The van der Waals surface area contributed by atoms with Crippen LogP contribution in [0.1, 0.15) is 25.5 Å². The van der Waals surface area contributed by atoms with Gasteiger partial charge >= 0.3 is 0 Å². The Bertz CT molecular complexity index is 929. The van der Waals surface area contributed by atoms with Crippen molar-refractivity contribution in [2.24, 2.45) is 0 Å². The first-order valence-electron chi connectivity index (χ1n) is 8.33. The monoisotopic (exact) mass is 388 g/mol. The normalized spacial score (nSPS) is 13.2. The number of aromatic nitrogens is 3. The van der Waals surface area contributed by atoms with E-state index in [0.717, 1.165) is 5.56 Å². The zero-order valence-electron chi connectivity index (χ0n) is 14.8. The van der Waals surface area contributed by atoms with Crippen LogP contribution < -0.4 is 5.32 Å². The summed E-state index contributed by atoms with van der Waals surface area (Å²) >= 11 is 1.18. The third kappa shape index (κ3) is 4.51. The van der Waals surface area contributed by atoms with Crippen molar-refractivity contribution in [3.63, 3.8) is 0 Å². The lowest BCUT2D eigenvalue weighted by atomic mass is 10.1. The topological polar surface area (TPSA) is 59.8 Å². The molecule has 0 bridgehead atoms. The van der Waals surface area contributed by atoms with E-state index in [1.165, 1.54) is 40.9 Å². The van der Waals surface area contributed by atoms with Crippen molar-refractivity contribution in [3.8, 4) is 5.69 Å². The van der Waals surface area contributed by atoms with E-state index in [2.05, 4.69) is 15.5 Å². The summed E-state index contributed by atoms with van der Waals surface area (Å²) in [4.78, 5) is 12.5. The van der Waals surface area contributed by atoms with Gasteiger partial charge in [-0.2, -0.15) is 0 Å². The molecule has 2 aromatic carbocycles. The molecule has 140 valence electrons. The van der Waals surface area contributed by atoms with Gasteiger partial charge in [0.05, 0.1) is 17.0 Å². The number of hydrogen-bond donors (Lipinski definition) is 1. The molecule has 1 N–H and O–H groups in total. The fourth-order valence-electron chi connectivity index (χ4n) is 2.49. The highest BCUT2D eigenvalue weighted by molar-refractivity contribution is 8.00. The number of carbonyl (C=O) groups is 1. The van der Waals surface area contributed by atoms with Gasteiger partial charge in [0.2, 0.25) is 5.91 Å². The molecule has 0 unspecified atom stereocenters. The van der Waals surface area contributed by atoms with Crippen LogP contribution in [0, 0.1) is 11.6 Å². The Balaban J connectivity index is 1.68. The highest BCUT2D eigenvalue weighted by atomic mass is 32.2.